The van der Waals surface area contributed by atoms with Gasteiger partial charge in [-0.2, -0.15) is 0 Å². The van der Waals surface area contributed by atoms with Crippen LogP contribution in [0.15, 0.2) is 0 Å². The number of rotatable bonds is 2. The standard InChI is InChI=1S/C2H4N2O4.H3N/c3-1-2(5)8-4(6)7;/h1,3H2;1H3. The maximum atomic E-state index is 9.83. The Balaban J connectivity index is 0. The van der Waals surface area contributed by atoms with Crippen LogP contribution in [-0.4, -0.2) is 17.6 Å². The third kappa shape index (κ3) is 6.79. The fraction of sp³-hybridized carbons (Fsp3) is 0.500. The van der Waals surface area contributed by atoms with E-state index in [1.807, 2.05) is 0 Å². The zero-order valence-electron chi connectivity index (χ0n) is 4.57. The topological polar surface area (TPSA) is 130 Å². The average Bonchev–Trinajstić information content (AvgIpc) is 1.65. The summed E-state index contributed by atoms with van der Waals surface area (Å²) >= 11 is 0. The Bertz CT molecular complexity index is 112. The van der Waals surface area contributed by atoms with Gasteiger partial charge in [0.05, 0.1) is 6.54 Å². The number of carbonyl (C=O) groups excluding carboxylic acids is 1. The molecular weight excluding hydrogens is 130 g/mol. The molecule has 5 N–H and O–H groups in total. The van der Waals surface area contributed by atoms with E-state index in [1.165, 1.54) is 0 Å². The summed E-state index contributed by atoms with van der Waals surface area (Å²) < 4.78 is 0. The van der Waals surface area contributed by atoms with E-state index in [4.69, 9.17) is 0 Å². The van der Waals surface area contributed by atoms with Crippen LogP contribution in [0.4, 0.5) is 0 Å². The molecule has 0 heterocycles. The van der Waals surface area contributed by atoms with E-state index >= 15 is 0 Å². The fourth-order valence-corrected chi connectivity index (χ4v) is 0.120. The van der Waals surface area contributed by atoms with Crippen molar-refractivity contribution in [3.63, 3.8) is 0 Å². The highest BCUT2D eigenvalue weighted by molar-refractivity contribution is 5.70. The Morgan fingerprint density at radius 2 is 2.22 bits per heavy atom. The van der Waals surface area contributed by atoms with Gasteiger partial charge in [-0.25, -0.2) is 4.84 Å². The minimum Gasteiger partial charge on any atom is -0.344 e. The summed E-state index contributed by atoms with van der Waals surface area (Å²) in [5.41, 5.74) is 4.64. The van der Waals surface area contributed by atoms with Gasteiger partial charge in [0.25, 0.3) is 0 Å². The highest BCUT2D eigenvalue weighted by Crippen LogP contribution is 1.72. The number of nitrogens with zero attached hydrogens (tertiary/aromatic N) is 1. The van der Waals surface area contributed by atoms with E-state index in [0.29, 0.717) is 0 Å². The third-order valence-electron chi connectivity index (χ3n) is 0.343. The minimum absolute atomic E-state index is 0. The van der Waals surface area contributed by atoms with Crippen molar-refractivity contribution in [3.05, 3.63) is 10.1 Å². The van der Waals surface area contributed by atoms with Crippen LogP contribution < -0.4 is 11.9 Å². The molecule has 0 amide bonds. The molecular formula is C2H7N3O4. The van der Waals surface area contributed by atoms with E-state index in [9.17, 15) is 14.9 Å². The maximum Gasteiger partial charge on any atom is 0.317 e. The highest BCUT2D eigenvalue weighted by Gasteiger charge is 2.01. The fourth-order valence-electron chi connectivity index (χ4n) is 0.120. The van der Waals surface area contributed by atoms with Crippen LogP contribution in [0, 0.1) is 10.1 Å². The molecule has 0 bridgehead atoms. The Kier molecular flexibility index (Phi) is 5.88. The summed E-state index contributed by atoms with van der Waals surface area (Å²) in [6, 6.07) is 0. The van der Waals surface area contributed by atoms with Crippen molar-refractivity contribution in [2.24, 2.45) is 5.73 Å². The van der Waals surface area contributed by atoms with E-state index in [-0.39, 0.29) is 6.15 Å². The number of carbonyl (C=O) groups is 1. The lowest BCUT2D eigenvalue weighted by Gasteiger charge is -1.88. The van der Waals surface area contributed by atoms with Gasteiger partial charge in [-0.15, -0.1) is 10.1 Å². The van der Waals surface area contributed by atoms with Gasteiger partial charge in [0.2, 0.25) is 0 Å². The molecule has 0 saturated carbocycles. The first kappa shape index (κ1) is 10.7. The van der Waals surface area contributed by atoms with Gasteiger partial charge in [-0.05, 0) is 0 Å². The molecule has 0 aliphatic heterocycles. The summed E-state index contributed by atoms with van der Waals surface area (Å²) in [6.45, 7) is -0.471. The molecule has 0 aromatic carbocycles. The maximum absolute atomic E-state index is 9.83. The van der Waals surface area contributed by atoms with E-state index in [0.717, 1.165) is 0 Å². The molecule has 7 heteroatoms. The summed E-state index contributed by atoms with van der Waals surface area (Å²) in [4.78, 5) is 22.5. The minimum atomic E-state index is -1.20. The van der Waals surface area contributed by atoms with E-state index < -0.39 is 17.6 Å². The van der Waals surface area contributed by atoms with Gasteiger partial charge in [0, 0.05) is 0 Å². The molecule has 0 atom stereocenters. The van der Waals surface area contributed by atoms with Crippen molar-refractivity contribution in [1.82, 2.24) is 6.15 Å². The van der Waals surface area contributed by atoms with Crippen LogP contribution in [0.5, 0.6) is 0 Å². The van der Waals surface area contributed by atoms with Gasteiger partial charge in [0.15, 0.2) is 0 Å². The van der Waals surface area contributed by atoms with Crippen molar-refractivity contribution >= 4 is 5.97 Å². The predicted octanol–water partition coefficient (Wildman–Crippen LogP) is -1.16. The normalized spacial score (nSPS) is 7.22. The summed E-state index contributed by atoms with van der Waals surface area (Å²) in [5, 5.41) is 8.08. The van der Waals surface area contributed by atoms with Crippen LogP contribution in [0.3, 0.4) is 0 Å². The number of nitrogens with two attached hydrogens (primary N) is 1. The quantitative estimate of drug-likeness (QED) is 0.364. The molecule has 7 nitrogen and oxygen atoms in total. The first-order chi connectivity index (χ1) is 3.66. The molecule has 0 aliphatic carbocycles. The second-order valence-electron chi connectivity index (χ2n) is 0.891. The summed E-state index contributed by atoms with van der Waals surface area (Å²) in [6.07, 6.45) is 0. The van der Waals surface area contributed by atoms with E-state index in [2.05, 4.69) is 10.6 Å². The van der Waals surface area contributed by atoms with Gasteiger partial charge in [-0.1, -0.05) is 0 Å². The molecule has 0 aromatic heterocycles. The van der Waals surface area contributed by atoms with Crippen molar-refractivity contribution in [3.8, 4) is 0 Å². The van der Waals surface area contributed by atoms with Crippen molar-refractivity contribution in [2.45, 2.75) is 0 Å². The van der Waals surface area contributed by atoms with Gasteiger partial charge >= 0.3 is 11.1 Å². The van der Waals surface area contributed by atoms with Crippen molar-refractivity contribution in [1.29, 1.82) is 0 Å². The Labute approximate surface area is 50.5 Å². The number of hydrogen-bond donors (Lipinski definition) is 2. The molecule has 0 saturated heterocycles. The molecule has 0 aromatic rings. The van der Waals surface area contributed by atoms with Crippen LogP contribution in [-0.2, 0) is 9.63 Å². The highest BCUT2D eigenvalue weighted by atomic mass is 17.0. The second-order valence-corrected chi connectivity index (χ2v) is 0.891. The smallest absolute Gasteiger partial charge is 0.317 e. The van der Waals surface area contributed by atoms with Gasteiger partial charge < -0.3 is 11.9 Å². The molecule has 0 unspecified atom stereocenters. The lowest BCUT2D eigenvalue weighted by molar-refractivity contribution is -0.729. The van der Waals surface area contributed by atoms with Crippen LogP contribution in [0.2, 0.25) is 0 Å². The molecule has 0 fully saturated rings. The zero-order valence-corrected chi connectivity index (χ0v) is 4.57. The van der Waals surface area contributed by atoms with Gasteiger partial charge in [-0.3, -0.25) is 4.79 Å². The Morgan fingerprint density at radius 3 is 2.33 bits per heavy atom. The monoisotopic (exact) mass is 137 g/mol. The molecule has 0 rings (SSSR count). The molecule has 0 spiro atoms. The third-order valence-corrected chi connectivity index (χ3v) is 0.343. The number of hydrogen-bond acceptors (Lipinski definition) is 6. The van der Waals surface area contributed by atoms with Crippen molar-refractivity contribution < 1.29 is 14.7 Å². The molecule has 54 valence electrons. The summed E-state index contributed by atoms with van der Waals surface area (Å²) in [7, 11) is 0. The molecule has 9 heavy (non-hydrogen) atoms. The predicted molar refractivity (Wildman–Crippen MR) is 27.2 cm³/mol. The lowest BCUT2D eigenvalue weighted by atomic mass is 10.7. The second kappa shape index (κ2) is 4.94. The van der Waals surface area contributed by atoms with E-state index in [1.54, 1.807) is 0 Å². The van der Waals surface area contributed by atoms with Crippen LogP contribution in [0.1, 0.15) is 0 Å². The lowest BCUT2D eigenvalue weighted by Crippen LogP contribution is -2.19. The van der Waals surface area contributed by atoms with Crippen LogP contribution in [0.25, 0.3) is 0 Å². The average molecular weight is 137 g/mol. The largest absolute Gasteiger partial charge is 0.344 e. The Hall–Kier alpha value is -1.21. The Morgan fingerprint density at radius 1 is 1.78 bits per heavy atom. The van der Waals surface area contributed by atoms with Crippen molar-refractivity contribution in [2.75, 3.05) is 6.54 Å². The first-order valence-electron chi connectivity index (χ1n) is 1.72. The SMILES string of the molecule is N.NCC(=O)O[N+](=O)[O-]. The zero-order chi connectivity index (χ0) is 6.57. The first-order valence-corrected chi connectivity index (χ1v) is 1.72. The molecule has 0 radical (unpaired) electrons. The van der Waals surface area contributed by atoms with Crippen LogP contribution >= 0.6 is 0 Å². The molecule has 0 aliphatic rings. The van der Waals surface area contributed by atoms with Gasteiger partial charge in [0.1, 0.15) is 0 Å². The summed E-state index contributed by atoms with van der Waals surface area (Å²) in [5.74, 6) is -1.05.